The first-order chi connectivity index (χ1) is 7.84. The van der Waals surface area contributed by atoms with Gasteiger partial charge in [-0.2, -0.15) is 0 Å². The van der Waals surface area contributed by atoms with Crippen LogP contribution in [-0.4, -0.2) is 16.4 Å². The molecule has 1 atom stereocenters. The van der Waals surface area contributed by atoms with E-state index < -0.39 is 0 Å². The highest BCUT2D eigenvalue weighted by Crippen LogP contribution is 2.16. The Morgan fingerprint density at radius 1 is 1.25 bits per heavy atom. The zero-order valence-corrected chi connectivity index (χ0v) is 12.0. The normalized spacial score (nSPS) is 18.6. The van der Waals surface area contributed by atoms with Gasteiger partial charge in [0.1, 0.15) is 0 Å². The fourth-order valence-electron chi connectivity index (χ4n) is 1.70. The Kier molecular flexibility index (Phi) is 7.18. The third-order valence-electron chi connectivity index (χ3n) is 3.06. The van der Waals surface area contributed by atoms with Crippen LogP contribution in [0.4, 0.5) is 0 Å². The highest BCUT2D eigenvalue weighted by Gasteiger charge is 1.98. The quantitative estimate of drug-likeness (QED) is 0.714. The summed E-state index contributed by atoms with van der Waals surface area (Å²) in [5.41, 5.74) is 1.45. The minimum Gasteiger partial charge on any atom is -0.424 e. The van der Waals surface area contributed by atoms with Crippen molar-refractivity contribution >= 4 is 9.76 Å². The zero-order chi connectivity index (χ0) is 11.6. The minimum atomic E-state index is 0.00849. The van der Waals surface area contributed by atoms with Crippen LogP contribution in [0.15, 0.2) is 30.3 Å². The Bertz CT molecular complexity index is 245. The van der Waals surface area contributed by atoms with Gasteiger partial charge in [-0.25, -0.2) is 0 Å². The molecule has 1 fully saturated rings. The van der Waals surface area contributed by atoms with Crippen LogP contribution in [0.25, 0.3) is 0 Å². The van der Waals surface area contributed by atoms with Gasteiger partial charge in [0, 0.05) is 6.61 Å². The highest BCUT2D eigenvalue weighted by atomic mass is 28.2. The van der Waals surface area contributed by atoms with Crippen molar-refractivity contribution in [3.8, 4) is 0 Å². The van der Waals surface area contributed by atoms with Crippen molar-refractivity contribution in [3.05, 3.63) is 35.9 Å². The van der Waals surface area contributed by atoms with E-state index in [2.05, 4.69) is 44.2 Å². The summed E-state index contributed by atoms with van der Waals surface area (Å²) in [5, 5.41) is 0. The van der Waals surface area contributed by atoms with Gasteiger partial charge >= 0.3 is 0 Å². The summed E-state index contributed by atoms with van der Waals surface area (Å²) in [6.07, 6.45) is 3.98. The van der Waals surface area contributed by atoms with Gasteiger partial charge in [0.05, 0.1) is 0 Å². The van der Waals surface area contributed by atoms with E-state index in [0.717, 1.165) is 6.61 Å². The van der Waals surface area contributed by atoms with Gasteiger partial charge in [-0.3, -0.25) is 0 Å². The molecule has 0 radical (unpaired) electrons. The van der Waals surface area contributed by atoms with Crippen molar-refractivity contribution in [2.75, 3.05) is 6.61 Å². The lowest BCUT2D eigenvalue weighted by molar-refractivity contribution is 0.304. The second-order valence-electron chi connectivity index (χ2n) is 4.39. The van der Waals surface area contributed by atoms with Crippen LogP contribution in [-0.2, 0) is 4.43 Å². The van der Waals surface area contributed by atoms with Crippen LogP contribution >= 0.6 is 0 Å². The molecule has 90 valence electrons. The Balaban J connectivity index is 0.000000181. The topological polar surface area (TPSA) is 9.23 Å². The Hall–Kier alpha value is -0.603. The van der Waals surface area contributed by atoms with Gasteiger partial charge in [0.25, 0.3) is 0 Å². The van der Waals surface area contributed by atoms with Gasteiger partial charge in [0.15, 0.2) is 9.76 Å². The zero-order valence-electron chi connectivity index (χ0n) is 10.6. The first kappa shape index (κ1) is 13.5. The number of hydrogen-bond donors (Lipinski definition) is 0. The number of rotatable bonds is 2. The highest BCUT2D eigenvalue weighted by molar-refractivity contribution is 6.27. The summed E-state index contributed by atoms with van der Waals surface area (Å²) >= 11 is 0. The second kappa shape index (κ2) is 8.54. The fourth-order valence-corrected chi connectivity index (χ4v) is 2.87. The first-order valence-corrected chi connectivity index (χ1v) is 8.05. The van der Waals surface area contributed by atoms with Crippen molar-refractivity contribution in [2.24, 2.45) is 0 Å². The fraction of sp³-hybridized carbons (Fsp3) is 0.571. The molecule has 2 rings (SSSR count). The van der Waals surface area contributed by atoms with Gasteiger partial charge in [0.2, 0.25) is 0 Å². The third kappa shape index (κ3) is 5.47. The maximum Gasteiger partial charge on any atom is 0.161 e. The lowest BCUT2D eigenvalue weighted by Crippen LogP contribution is -2.06. The predicted octanol–water partition coefficient (Wildman–Crippen LogP) is 3.50. The molecule has 1 aromatic carbocycles. The summed E-state index contributed by atoms with van der Waals surface area (Å²) in [7, 11) is 0.00849. The van der Waals surface area contributed by atoms with Gasteiger partial charge in [-0.1, -0.05) is 50.6 Å². The minimum absolute atomic E-state index is 0.00849. The number of benzene rings is 1. The van der Waals surface area contributed by atoms with Crippen molar-refractivity contribution in [1.29, 1.82) is 0 Å². The average Bonchev–Trinajstić information content (AvgIpc) is 2.41. The van der Waals surface area contributed by atoms with E-state index in [-0.39, 0.29) is 9.76 Å². The molecule has 0 N–H and O–H groups in total. The average molecular weight is 236 g/mol. The number of hydrogen-bond acceptors (Lipinski definition) is 1. The molecule has 1 heterocycles. The smallest absolute Gasteiger partial charge is 0.161 e. The van der Waals surface area contributed by atoms with Gasteiger partial charge in [-0.15, -0.1) is 0 Å². The predicted molar refractivity (Wildman–Crippen MR) is 73.7 cm³/mol. The van der Waals surface area contributed by atoms with E-state index in [4.69, 9.17) is 4.43 Å². The maximum absolute atomic E-state index is 5.21. The molecule has 16 heavy (non-hydrogen) atoms. The van der Waals surface area contributed by atoms with Crippen molar-refractivity contribution in [1.82, 2.24) is 0 Å². The summed E-state index contributed by atoms with van der Waals surface area (Å²) < 4.78 is 5.21. The van der Waals surface area contributed by atoms with E-state index >= 15 is 0 Å². The summed E-state index contributed by atoms with van der Waals surface area (Å²) in [6.45, 7) is 5.54. The van der Waals surface area contributed by atoms with Crippen molar-refractivity contribution in [3.63, 3.8) is 0 Å². The van der Waals surface area contributed by atoms with Crippen LogP contribution in [0.2, 0.25) is 6.04 Å². The largest absolute Gasteiger partial charge is 0.424 e. The molecule has 1 aromatic rings. The molecule has 1 unspecified atom stereocenters. The molecule has 0 saturated carbocycles. The second-order valence-corrected chi connectivity index (χ2v) is 5.92. The van der Waals surface area contributed by atoms with Crippen molar-refractivity contribution in [2.45, 2.75) is 45.1 Å². The summed E-state index contributed by atoms with van der Waals surface area (Å²) in [4.78, 5) is 0. The molecular weight excluding hydrogens is 212 g/mol. The van der Waals surface area contributed by atoms with Gasteiger partial charge < -0.3 is 4.43 Å². The summed E-state index contributed by atoms with van der Waals surface area (Å²) in [5.74, 6) is 0.709. The van der Waals surface area contributed by atoms with Crippen LogP contribution < -0.4 is 0 Å². The molecule has 0 spiro atoms. The Morgan fingerprint density at radius 2 is 2.00 bits per heavy atom. The molecule has 0 aromatic heterocycles. The van der Waals surface area contributed by atoms with Gasteiger partial charge in [-0.05, 0) is 30.4 Å². The molecule has 1 nitrogen and oxygen atoms in total. The monoisotopic (exact) mass is 236 g/mol. The summed E-state index contributed by atoms with van der Waals surface area (Å²) in [6, 6.07) is 12.1. The Labute approximate surface area is 102 Å². The van der Waals surface area contributed by atoms with E-state index in [1.165, 1.54) is 30.9 Å². The molecule has 0 amide bonds. The Morgan fingerprint density at radius 3 is 2.38 bits per heavy atom. The molecule has 1 aliphatic rings. The van der Waals surface area contributed by atoms with Crippen LogP contribution in [0.5, 0.6) is 0 Å². The van der Waals surface area contributed by atoms with Crippen molar-refractivity contribution < 1.29 is 4.43 Å². The van der Waals surface area contributed by atoms with Crippen LogP contribution in [0.3, 0.4) is 0 Å². The lowest BCUT2D eigenvalue weighted by Gasteiger charge is -2.07. The van der Waals surface area contributed by atoms with E-state index in [1.807, 2.05) is 0 Å². The third-order valence-corrected chi connectivity index (χ3v) is 4.42. The molecule has 1 saturated heterocycles. The molecular formula is C14H24OSi. The lowest BCUT2D eigenvalue weighted by atomic mass is 9.99. The molecule has 1 aliphatic heterocycles. The van der Waals surface area contributed by atoms with E-state index in [1.54, 1.807) is 0 Å². The molecule has 0 aliphatic carbocycles. The van der Waals surface area contributed by atoms with E-state index in [0.29, 0.717) is 5.92 Å². The van der Waals surface area contributed by atoms with E-state index in [9.17, 15) is 0 Å². The van der Waals surface area contributed by atoms with Crippen LogP contribution in [0.1, 0.15) is 44.6 Å². The SMILES string of the molecule is C1CC[SiH2]OC1.CCC(C)c1ccccc1. The first-order valence-electron chi connectivity index (χ1n) is 6.47. The molecule has 2 heteroatoms. The standard InChI is InChI=1S/C10H14.C4H10OSi/c1-3-9(2)10-7-5-4-6-8-10;1-2-4-6-5-3-1/h4-9H,3H2,1-2H3;1-4,6H2. The molecule has 0 bridgehead atoms. The van der Waals surface area contributed by atoms with Crippen LogP contribution in [0, 0.1) is 0 Å². The maximum atomic E-state index is 5.21.